The van der Waals surface area contributed by atoms with Crippen LogP contribution in [0.2, 0.25) is 0 Å². The highest BCUT2D eigenvalue weighted by molar-refractivity contribution is 14.0. The van der Waals surface area contributed by atoms with Gasteiger partial charge in [0.1, 0.15) is 0 Å². The number of rotatable bonds is 6. The Bertz CT molecular complexity index is 819. The quantitative estimate of drug-likeness (QED) is 0.324. The molecular formula is C15H23IN6O2S. The van der Waals surface area contributed by atoms with Crippen LogP contribution in [-0.2, 0) is 30.2 Å². The molecule has 0 aliphatic rings. The Kier molecular flexibility index (Phi) is 8.32. The lowest BCUT2D eigenvalue weighted by molar-refractivity contribution is 0.588. The lowest BCUT2D eigenvalue weighted by atomic mass is 10.2. The van der Waals surface area contributed by atoms with Crippen LogP contribution in [0.15, 0.2) is 46.4 Å². The second-order valence-electron chi connectivity index (χ2n) is 5.08. The molecule has 25 heavy (non-hydrogen) atoms. The second-order valence-corrected chi connectivity index (χ2v) is 6.97. The van der Waals surface area contributed by atoms with Crippen LogP contribution in [0.4, 0.5) is 0 Å². The van der Waals surface area contributed by atoms with E-state index in [1.165, 1.54) is 7.05 Å². The number of guanidine groups is 1. The van der Waals surface area contributed by atoms with E-state index in [-0.39, 0.29) is 28.9 Å². The highest BCUT2D eigenvalue weighted by atomic mass is 127. The zero-order valence-electron chi connectivity index (χ0n) is 14.4. The van der Waals surface area contributed by atoms with Crippen molar-refractivity contribution in [1.29, 1.82) is 0 Å². The molecule has 1 heterocycles. The number of aliphatic imine (C=N–C) groups is 1. The predicted octanol–water partition coefficient (Wildman–Crippen LogP) is 0.811. The summed E-state index contributed by atoms with van der Waals surface area (Å²) in [7, 11) is 1.51. The molecule has 0 aliphatic heterocycles. The summed E-state index contributed by atoms with van der Waals surface area (Å²) in [5.41, 5.74) is 1.87. The summed E-state index contributed by atoms with van der Waals surface area (Å²) in [6, 6.07) is 8.69. The maximum absolute atomic E-state index is 11.8. The van der Waals surface area contributed by atoms with Crippen molar-refractivity contribution in [2.75, 3.05) is 14.1 Å². The number of nitrogens with one attached hydrogen (secondary N) is 3. The van der Waals surface area contributed by atoms with Crippen LogP contribution in [0.3, 0.4) is 0 Å². The summed E-state index contributed by atoms with van der Waals surface area (Å²) in [6.45, 7) is 1.04. The molecule has 1 aromatic heterocycles. The zero-order valence-corrected chi connectivity index (χ0v) is 17.5. The lowest BCUT2D eigenvalue weighted by Gasteiger charge is -2.12. The SMILES string of the molecule is CN=C(NCc1cccc(S(=O)(=O)NC)c1)NCc1ccnn1C.I. The fourth-order valence-electron chi connectivity index (χ4n) is 2.10. The van der Waals surface area contributed by atoms with Crippen molar-refractivity contribution in [3.63, 3.8) is 0 Å². The summed E-state index contributed by atoms with van der Waals surface area (Å²) >= 11 is 0. The Morgan fingerprint density at radius 2 is 1.96 bits per heavy atom. The number of sulfonamides is 1. The molecule has 0 aliphatic carbocycles. The third-order valence-electron chi connectivity index (χ3n) is 3.52. The van der Waals surface area contributed by atoms with Gasteiger partial charge in [0.05, 0.1) is 17.1 Å². The van der Waals surface area contributed by atoms with E-state index in [1.54, 1.807) is 36.1 Å². The van der Waals surface area contributed by atoms with Crippen molar-refractivity contribution in [3.05, 3.63) is 47.8 Å². The Morgan fingerprint density at radius 1 is 1.24 bits per heavy atom. The minimum absolute atomic E-state index is 0. The summed E-state index contributed by atoms with van der Waals surface area (Å²) in [5.74, 6) is 0.623. The normalized spacial score (nSPS) is 11.7. The fourth-order valence-corrected chi connectivity index (χ4v) is 2.90. The maximum Gasteiger partial charge on any atom is 0.240 e. The zero-order chi connectivity index (χ0) is 17.6. The van der Waals surface area contributed by atoms with Gasteiger partial charge in [-0.2, -0.15) is 5.10 Å². The van der Waals surface area contributed by atoms with Gasteiger partial charge in [-0.25, -0.2) is 13.1 Å². The average molecular weight is 478 g/mol. The van der Waals surface area contributed by atoms with Crippen molar-refractivity contribution in [2.24, 2.45) is 12.0 Å². The Balaban J connectivity index is 0.00000312. The largest absolute Gasteiger partial charge is 0.352 e. The molecule has 0 spiro atoms. The smallest absolute Gasteiger partial charge is 0.240 e. The summed E-state index contributed by atoms with van der Waals surface area (Å²) in [6.07, 6.45) is 1.74. The molecule has 0 fully saturated rings. The molecular weight excluding hydrogens is 455 g/mol. The fraction of sp³-hybridized carbons (Fsp3) is 0.333. The molecule has 0 saturated carbocycles. The van der Waals surface area contributed by atoms with E-state index in [9.17, 15) is 8.42 Å². The lowest BCUT2D eigenvalue weighted by Crippen LogP contribution is -2.36. The highest BCUT2D eigenvalue weighted by Gasteiger charge is 2.11. The molecule has 0 atom stereocenters. The first-order chi connectivity index (χ1) is 11.5. The predicted molar refractivity (Wildman–Crippen MR) is 108 cm³/mol. The van der Waals surface area contributed by atoms with Crippen molar-refractivity contribution in [2.45, 2.75) is 18.0 Å². The first kappa shape index (κ1) is 21.4. The minimum Gasteiger partial charge on any atom is -0.352 e. The first-order valence-electron chi connectivity index (χ1n) is 7.40. The minimum atomic E-state index is -3.44. The molecule has 0 amide bonds. The molecule has 2 aromatic rings. The van der Waals surface area contributed by atoms with Crippen molar-refractivity contribution >= 4 is 40.0 Å². The molecule has 0 unspecified atom stereocenters. The van der Waals surface area contributed by atoms with Gasteiger partial charge in [0.2, 0.25) is 10.0 Å². The molecule has 0 bridgehead atoms. The third-order valence-corrected chi connectivity index (χ3v) is 4.93. The van der Waals surface area contributed by atoms with E-state index in [2.05, 4.69) is 25.4 Å². The number of hydrogen-bond acceptors (Lipinski definition) is 4. The van der Waals surface area contributed by atoms with E-state index in [0.29, 0.717) is 19.0 Å². The molecule has 8 nitrogen and oxygen atoms in total. The van der Waals surface area contributed by atoms with E-state index >= 15 is 0 Å². The Labute approximate surface area is 165 Å². The van der Waals surface area contributed by atoms with Crippen LogP contribution in [0.5, 0.6) is 0 Å². The number of nitrogens with zero attached hydrogens (tertiary/aromatic N) is 3. The van der Waals surface area contributed by atoms with Gasteiger partial charge in [-0.15, -0.1) is 24.0 Å². The Hall–Kier alpha value is -1.66. The number of aryl methyl sites for hydroxylation is 1. The van der Waals surface area contributed by atoms with Gasteiger partial charge in [-0.1, -0.05) is 12.1 Å². The molecule has 0 radical (unpaired) electrons. The molecule has 0 saturated heterocycles. The summed E-state index contributed by atoms with van der Waals surface area (Å²) in [4.78, 5) is 4.39. The van der Waals surface area contributed by atoms with E-state index < -0.39 is 10.0 Å². The van der Waals surface area contributed by atoms with Crippen LogP contribution >= 0.6 is 24.0 Å². The van der Waals surface area contributed by atoms with Gasteiger partial charge in [0, 0.05) is 26.8 Å². The summed E-state index contributed by atoms with van der Waals surface area (Å²) < 4.78 is 27.8. The van der Waals surface area contributed by atoms with Gasteiger partial charge < -0.3 is 10.6 Å². The number of benzene rings is 1. The van der Waals surface area contributed by atoms with Crippen LogP contribution in [0, 0.1) is 0 Å². The maximum atomic E-state index is 11.8. The van der Waals surface area contributed by atoms with Gasteiger partial charge >= 0.3 is 0 Å². The van der Waals surface area contributed by atoms with Crippen molar-refractivity contribution in [1.82, 2.24) is 25.1 Å². The van der Waals surface area contributed by atoms with Crippen molar-refractivity contribution in [3.8, 4) is 0 Å². The third kappa shape index (κ3) is 5.97. The van der Waals surface area contributed by atoms with Crippen molar-refractivity contribution < 1.29 is 8.42 Å². The Morgan fingerprint density at radius 3 is 2.56 bits per heavy atom. The first-order valence-corrected chi connectivity index (χ1v) is 8.88. The molecule has 2 rings (SSSR count). The van der Waals surface area contributed by atoms with Gasteiger partial charge in [-0.05, 0) is 30.8 Å². The van der Waals surface area contributed by atoms with Crippen LogP contribution < -0.4 is 15.4 Å². The standard InChI is InChI=1S/C15H22N6O2S.HI/c1-16-15(19-11-13-7-8-20-21(13)3)18-10-12-5-4-6-14(9-12)24(22,23)17-2;/h4-9,17H,10-11H2,1-3H3,(H2,16,18,19);1H. The molecule has 10 heteroatoms. The highest BCUT2D eigenvalue weighted by Crippen LogP contribution is 2.10. The van der Waals surface area contributed by atoms with Gasteiger partial charge in [-0.3, -0.25) is 9.67 Å². The topological polar surface area (TPSA) is 100 Å². The van der Waals surface area contributed by atoms with E-state index in [0.717, 1.165) is 11.3 Å². The number of hydrogen-bond donors (Lipinski definition) is 3. The average Bonchev–Trinajstić information content (AvgIpc) is 3.00. The molecule has 138 valence electrons. The second kappa shape index (κ2) is 9.73. The summed E-state index contributed by atoms with van der Waals surface area (Å²) in [5, 5.41) is 10.5. The monoisotopic (exact) mass is 478 g/mol. The van der Waals surface area contributed by atoms with Gasteiger partial charge in [0.15, 0.2) is 5.96 Å². The van der Waals surface area contributed by atoms with Crippen LogP contribution in [0.1, 0.15) is 11.3 Å². The number of halogens is 1. The molecule has 3 N–H and O–H groups in total. The number of aromatic nitrogens is 2. The van der Waals surface area contributed by atoms with Gasteiger partial charge in [0.25, 0.3) is 0 Å². The van der Waals surface area contributed by atoms with Crippen LogP contribution in [-0.4, -0.2) is 38.3 Å². The van der Waals surface area contributed by atoms with E-state index in [1.807, 2.05) is 19.2 Å². The van der Waals surface area contributed by atoms with E-state index in [4.69, 9.17) is 0 Å². The van der Waals surface area contributed by atoms with Crippen LogP contribution in [0.25, 0.3) is 0 Å². The molecule has 1 aromatic carbocycles.